The third-order valence-electron chi connectivity index (χ3n) is 3.15. The molecule has 0 aliphatic carbocycles. The van der Waals surface area contributed by atoms with Gasteiger partial charge in [0.15, 0.2) is 0 Å². The number of alkyl halides is 3. The maximum absolute atomic E-state index is 12.7. The Morgan fingerprint density at radius 2 is 1.86 bits per heavy atom. The van der Waals surface area contributed by atoms with Gasteiger partial charge in [0.2, 0.25) is 5.91 Å². The van der Waals surface area contributed by atoms with E-state index in [1.54, 1.807) is 19.9 Å². The van der Waals surface area contributed by atoms with Crippen LogP contribution in [0.3, 0.4) is 0 Å². The molecule has 4 nitrogen and oxygen atoms in total. The van der Waals surface area contributed by atoms with E-state index in [4.69, 9.17) is 5.11 Å². The Morgan fingerprint density at radius 3 is 2.23 bits per heavy atom. The van der Waals surface area contributed by atoms with Crippen LogP contribution in [-0.2, 0) is 9.59 Å². The first kappa shape index (κ1) is 19.9. The van der Waals surface area contributed by atoms with Crippen LogP contribution < -0.4 is 5.32 Å². The van der Waals surface area contributed by atoms with E-state index in [0.717, 1.165) is 6.08 Å². The number of hydrogen-bond donors (Lipinski definition) is 2. The number of carboxylic acids is 1. The second-order valence-corrected chi connectivity index (χ2v) is 4.77. The number of rotatable bonds is 7. The zero-order chi connectivity index (χ0) is 17.5. The van der Waals surface area contributed by atoms with E-state index >= 15 is 0 Å². The topological polar surface area (TPSA) is 66.4 Å². The van der Waals surface area contributed by atoms with Gasteiger partial charge in [-0.05, 0) is 25.5 Å². The minimum Gasteiger partial charge on any atom is -0.481 e. The fourth-order valence-corrected chi connectivity index (χ4v) is 1.82. The summed E-state index contributed by atoms with van der Waals surface area (Å²) in [6.07, 6.45) is -2.90. The minimum atomic E-state index is -4.61. The third-order valence-corrected chi connectivity index (χ3v) is 3.15. The van der Waals surface area contributed by atoms with Crippen molar-refractivity contribution >= 4 is 11.9 Å². The van der Waals surface area contributed by atoms with E-state index in [-0.39, 0.29) is 12.0 Å². The van der Waals surface area contributed by atoms with E-state index < -0.39 is 36.0 Å². The van der Waals surface area contributed by atoms with Gasteiger partial charge in [0.25, 0.3) is 0 Å². The van der Waals surface area contributed by atoms with Crippen LogP contribution in [0.5, 0.6) is 0 Å². The molecular formula is C15H20F3NO3. The molecule has 7 heteroatoms. The van der Waals surface area contributed by atoms with Crippen molar-refractivity contribution in [3.8, 4) is 0 Å². The highest BCUT2D eigenvalue weighted by atomic mass is 19.4. The van der Waals surface area contributed by atoms with Crippen LogP contribution in [0.25, 0.3) is 0 Å². The number of hydrogen-bond acceptors (Lipinski definition) is 2. The number of aliphatic carboxylic acids is 1. The van der Waals surface area contributed by atoms with E-state index in [9.17, 15) is 22.8 Å². The molecule has 0 rings (SSSR count). The lowest BCUT2D eigenvalue weighted by Gasteiger charge is -2.20. The van der Waals surface area contributed by atoms with Gasteiger partial charge in [0.05, 0.1) is 6.42 Å². The maximum Gasteiger partial charge on any atom is 0.415 e. The summed E-state index contributed by atoms with van der Waals surface area (Å²) >= 11 is 0. The number of carbonyl (C=O) groups excluding carboxylic acids is 1. The largest absolute Gasteiger partial charge is 0.481 e. The third kappa shape index (κ3) is 6.60. The molecule has 0 aliphatic rings. The second-order valence-electron chi connectivity index (χ2n) is 4.77. The lowest BCUT2D eigenvalue weighted by Crippen LogP contribution is -2.24. The van der Waals surface area contributed by atoms with Gasteiger partial charge in [-0.25, -0.2) is 0 Å². The number of carbonyl (C=O) groups is 2. The second kappa shape index (κ2) is 8.41. The Morgan fingerprint density at radius 1 is 1.32 bits per heavy atom. The van der Waals surface area contributed by atoms with Gasteiger partial charge in [-0.1, -0.05) is 18.2 Å². The van der Waals surface area contributed by atoms with Crippen LogP contribution in [0.15, 0.2) is 35.5 Å². The quantitative estimate of drug-likeness (QED) is 0.708. The monoisotopic (exact) mass is 319 g/mol. The van der Waals surface area contributed by atoms with E-state index in [2.05, 4.69) is 11.9 Å². The van der Waals surface area contributed by atoms with Gasteiger partial charge in [-0.3, -0.25) is 9.59 Å². The molecule has 0 aromatic rings. The molecule has 0 heterocycles. The molecule has 2 N–H and O–H groups in total. The first-order valence-electron chi connectivity index (χ1n) is 6.56. The fraction of sp³-hybridized carbons (Fsp3) is 0.467. The fourth-order valence-electron chi connectivity index (χ4n) is 1.82. The Hall–Kier alpha value is -2.05. The van der Waals surface area contributed by atoms with Crippen molar-refractivity contribution in [2.75, 3.05) is 7.05 Å². The number of halogens is 3. The van der Waals surface area contributed by atoms with Gasteiger partial charge in [0, 0.05) is 25.0 Å². The standard InChI is InChI=1S/C15H20F3NO3/c1-5-9(2)12(6-10(3)15(16,17)18)11(8-14(21)22)7-13(20)19-4/h5-6,11H,3,7-8H2,1-2,4H3,(H,19,20)(H,21,22)/b9-5-,12-6+. The van der Waals surface area contributed by atoms with Crippen LogP contribution in [0.1, 0.15) is 26.7 Å². The minimum absolute atomic E-state index is 0.149. The average molecular weight is 319 g/mol. The highest BCUT2D eigenvalue weighted by Crippen LogP contribution is 2.32. The van der Waals surface area contributed by atoms with Crippen molar-refractivity contribution in [3.05, 3.63) is 35.5 Å². The summed E-state index contributed by atoms with van der Waals surface area (Å²) in [5.74, 6) is -2.51. The van der Waals surface area contributed by atoms with Gasteiger partial charge in [-0.2, -0.15) is 13.2 Å². The van der Waals surface area contributed by atoms with Crippen LogP contribution in [0, 0.1) is 5.92 Å². The van der Waals surface area contributed by atoms with E-state index in [1.807, 2.05) is 0 Å². The molecule has 0 aromatic heterocycles. The normalized spacial score (nSPS) is 14.5. The van der Waals surface area contributed by atoms with Gasteiger partial charge in [-0.15, -0.1) is 0 Å². The summed E-state index contributed by atoms with van der Waals surface area (Å²) < 4.78 is 38.0. The van der Waals surface area contributed by atoms with Crippen molar-refractivity contribution < 1.29 is 27.9 Å². The molecule has 1 atom stereocenters. The van der Waals surface area contributed by atoms with Crippen molar-refractivity contribution in [1.29, 1.82) is 0 Å². The summed E-state index contributed by atoms with van der Waals surface area (Å²) in [4.78, 5) is 22.5. The summed E-state index contributed by atoms with van der Waals surface area (Å²) in [6, 6.07) is 0. The predicted molar refractivity (Wildman–Crippen MR) is 77.1 cm³/mol. The molecule has 0 saturated carbocycles. The molecule has 124 valence electrons. The summed E-state index contributed by atoms with van der Waals surface area (Å²) in [5.41, 5.74) is -0.465. The van der Waals surface area contributed by atoms with Crippen molar-refractivity contribution in [2.45, 2.75) is 32.9 Å². The zero-order valence-corrected chi connectivity index (χ0v) is 12.8. The Labute approximate surface area is 127 Å². The number of amides is 1. The number of allylic oxidation sites excluding steroid dienone is 5. The van der Waals surface area contributed by atoms with Gasteiger partial charge < -0.3 is 10.4 Å². The van der Waals surface area contributed by atoms with Gasteiger partial charge >= 0.3 is 12.1 Å². The highest BCUT2D eigenvalue weighted by molar-refractivity contribution is 5.78. The molecule has 22 heavy (non-hydrogen) atoms. The lowest BCUT2D eigenvalue weighted by atomic mass is 9.86. The summed E-state index contributed by atoms with van der Waals surface area (Å²) in [5, 5.41) is 11.3. The molecule has 0 saturated heterocycles. The first-order valence-corrected chi connectivity index (χ1v) is 6.56. The van der Waals surface area contributed by atoms with Gasteiger partial charge in [0.1, 0.15) is 0 Å². The average Bonchev–Trinajstić information content (AvgIpc) is 2.41. The molecule has 0 bridgehead atoms. The lowest BCUT2D eigenvalue weighted by molar-refractivity contribution is -0.138. The smallest absolute Gasteiger partial charge is 0.415 e. The molecule has 0 spiro atoms. The van der Waals surface area contributed by atoms with Crippen molar-refractivity contribution in [3.63, 3.8) is 0 Å². The summed E-state index contributed by atoms with van der Waals surface area (Å²) in [7, 11) is 1.38. The Bertz CT molecular complexity index is 505. The van der Waals surface area contributed by atoms with Crippen LogP contribution in [0.4, 0.5) is 13.2 Å². The zero-order valence-electron chi connectivity index (χ0n) is 12.8. The van der Waals surface area contributed by atoms with Crippen LogP contribution in [-0.4, -0.2) is 30.2 Å². The molecule has 1 amide bonds. The Kier molecular flexibility index (Phi) is 7.62. The molecule has 0 aliphatic heterocycles. The SMILES string of the molecule is C=C(/C=C(\C(C)=C/C)C(CC(=O)O)CC(=O)NC)C(F)(F)F. The van der Waals surface area contributed by atoms with Crippen LogP contribution in [0.2, 0.25) is 0 Å². The predicted octanol–water partition coefficient (Wildman–Crippen LogP) is 3.22. The molecule has 0 radical (unpaired) electrons. The van der Waals surface area contributed by atoms with E-state index in [0.29, 0.717) is 5.57 Å². The number of nitrogens with one attached hydrogen (secondary N) is 1. The van der Waals surface area contributed by atoms with Crippen molar-refractivity contribution in [1.82, 2.24) is 5.32 Å². The molecule has 0 fully saturated rings. The first-order chi connectivity index (χ1) is 10.0. The number of carboxylic acid groups (broad SMARTS) is 1. The molecule has 1 unspecified atom stereocenters. The Balaban J connectivity index is 5.77. The van der Waals surface area contributed by atoms with E-state index in [1.165, 1.54) is 7.05 Å². The van der Waals surface area contributed by atoms with Crippen molar-refractivity contribution in [2.24, 2.45) is 5.92 Å². The maximum atomic E-state index is 12.7. The summed E-state index contributed by atoms with van der Waals surface area (Å²) in [6.45, 7) is 6.15. The van der Waals surface area contributed by atoms with Crippen LogP contribution >= 0.6 is 0 Å². The molecule has 0 aromatic carbocycles. The highest BCUT2D eigenvalue weighted by Gasteiger charge is 2.32. The molecular weight excluding hydrogens is 299 g/mol.